The topological polar surface area (TPSA) is 70.3 Å². The molecule has 9 heteroatoms. The highest BCUT2D eigenvalue weighted by atomic mass is 15.5. The summed E-state index contributed by atoms with van der Waals surface area (Å²) in [6.45, 7) is 12.0. The van der Waals surface area contributed by atoms with Crippen molar-refractivity contribution < 1.29 is 0 Å². The second-order valence-corrected chi connectivity index (χ2v) is 9.21. The lowest BCUT2D eigenvalue weighted by molar-refractivity contribution is 0.0709. The Hall–Kier alpha value is -2.65. The zero-order valence-corrected chi connectivity index (χ0v) is 18.0. The molecule has 2 aromatic heterocycles. The van der Waals surface area contributed by atoms with Gasteiger partial charge in [-0.05, 0) is 25.0 Å². The van der Waals surface area contributed by atoms with Crippen LogP contribution in [0.3, 0.4) is 0 Å². The molecular formula is C22H31N9. The number of hydrogen-bond donors (Lipinski definition) is 1. The van der Waals surface area contributed by atoms with E-state index < -0.39 is 0 Å². The van der Waals surface area contributed by atoms with E-state index in [0.717, 1.165) is 51.0 Å². The highest BCUT2D eigenvalue weighted by molar-refractivity contribution is 5.44. The van der Waals surface area contributed by atoms with E-state index in [-0.39, 0.29) is 6.17 Å². The minimum Gasteiger partial charge on any atom is -0.372 e. The van der Waals surface area contributed by atoms with Crippen LogP contribution in [0.15, 0.2) is 30.9 Å². The van der Waals surface area contributed by atoms with Gasteiger partial charge in [0.2, 0.25) is 0 Å². The summed E-state index contributed by atoms with van der Waals surface area (Å²) in [6, 6.07) is 0.859. The van der Waals surface area contributed by atoms with Crippen molar-refractivity contribution in [2.45, 2.75) is 44.4 Å². The minimum atomic E-state index is -0.0236. The van der Waals surface area contributed by atoms with Crippen LogP contribution in [0, 0.1) is 0 Å². The quantitative estimate of drug-likeness (QED) is 0.780. The van der Waals surface area contributed by atoms with Crippen LogP contribution < -0.4 is 5.43 Å². The fraction of sp³-hybridized carbons (Fsp3) is 0.591. The van der Waals surface area contributed by atoms with Crippen LogP contribution in [-0.4, -0.2) is 84.7 Å². The summed E-state index contributed by atoms with van der Waals surface area (Å²) in [5, 5.41) is 12.9. The predicted molar refractivity (Wildman–Crippen MR) is 119 cm³/mol. The van der Waals surface area contributed by atoms with Gasteiger partial charge in [-0.2, -0.15) is 5.10 Å². The Morgan fingerprint density at radius 2 is 2.03 bits per heavy atom. The minimum absolute atomic E-state index is 0.0236. The number of nitrogens with one attached hydrogen (secondary N) is 1. The van der Waals surface area contributed by atoms with E-state index >= 15 is 0 Å². The molecule has 0 spiro atoms. The summed E-state index contributed by atoms with van der Waals surface area (Å²) in [5.74, 6) is 0.811. The molecule has 4 aliphatic rings. The lowest BCUT2D eigenvalue weighted by atomic mass is 9.91. The normalized spacial score (nSPS) is 24.4. The molecule has 9 nitrogen and oxygen atoms in total. The molecule has 164 valence electrons. The summed E-state index contributed by atoms with van der Waals surface area (Å²) in [5.41, 5.74) is 7.17. The van der Waals surface area contributed by atoms with Gasteiger partial charge in [-0.3, -0.25) is 15.2 Å². The van der Waals surface area contributed by atoms with Crippen molar-refractivity contribution in [2.75, 3.05) is 44.7 Å². The Balaban J connectivity index is 1.05. The first kappa shape index (κ1) is 19.1. The third kappa shape index (κ3) is 3.65. The van der Waals surface area contributed by atoms with E-state index in [2.05, 4.69) is 49.2 Å². The molecule has 2 aromatic rings. The number of hydrogen-bond acceptors (Lipinski definition) is 7. The van der Waals surface area contributed by atoms with Crippen molar-refractivity contribution in [2.24, 2.45) is 0 Å². The van der Waals surface area contributed by atoms with Gasteiger partial charge in [-0.15, -0.1) is 10.2 Å². The van der Waals surface area contributed by atoms with Crippen LogP contribution in [0.5, 0.6) is 0 Å². The van der Waals surface area contributed by atoms with Crippen molar-refractivity contribution in [3.8, 4) is 0 Å². The monoisotopic (exact) mass is 421 g/mol. The number of aromatic nitrogens is 5. The van der Waals surface area contributed by atoms with Gasteiger partial charge in [-0.1, -0.05) is 13.0 Å². The zero-order valence-electron chi connectivity index (χ0n) is 18.0. The maximum atomic E-state index is 4.86. The number of nitrogens with zero attached hydrogens (tertiary/aromatic N) is 8. The van der Waals surface area contributed by atoms with Gasteiger partial charge in [-0.25, -0.2) is 9.36 Å². The molecule has 5 heterocycles. The Kier molecular flexibility index (Phi) is 4.80. The highest BCUT2D eigenvalue weighted by Crippen LogP contribution is 2.27. The molecule has 0 radical (unpaired) electrons. The van der Waals surface area contributed by atoms with Crippen LogP contribution in [0.25, 0.3) is 6.08 Å². The van der Waals surface area contributed by atoms with Crippen molar-refractivity contribution in [1.82, 2.24) is 39.4 Å². The van der Waals surface area contributed by atoms with Crippen molar-refractivity contribution in [3.05, 3.63) is 48.0 Å². The molecule has 31 heavy (non-hydrogen) atoms. The smallest absolute Gasteiger partial charge is 0.174 e. The van der Waals surface area contributed by atoms with Gasteiger partial charge < -0.3 is 4.90 Å². The average molecular weight is 422 g/mol. The molecule has 0 amide bonds. The molecule has 1 unspecified atom stereocenters. The Labute approximate surface area is 183 Å². The SMILES string of the molecule is C=C(CN1CCc2nn(C3C=Cc4nncn4N3)cc2C1)N1CCN(C2CCC2)CC1. The van der Waals surface area contributed by atoms with Gasteiger partial charge in [0.05, 0.1) is 5.69 Å². The van der Waals surface area contributed by atoms with Gasteiger partial charge >= 0.3 is 0 Å². The molecule has 1 saturated heterocycles. The lowest BCUT2D eigenvalue weighted by Crippen LogP contribution is -2.52. The fourth-order valence-corrected chi connectivity index (χ4v) is 5.15. The molecule has 1 N–H and O–H groups in total. The number of rotatable bonds is 5. The maximum Gasteiger partial charge on any atom is 0.174 e. The van der Waals surface area contributed by atoms with Crippen LogP contribution >= 0.6 is 0 Å². The Bertz CT molecular complexity index is 977. The van der Waals surface area contributed by atoms with E-state index in [1.165, 1.54) is 49.3 Å². The molecule has 6 rings (SSSR count). The fourth-order valence-electron chi connectivity index (χ4n) is 5.15. The van der Waals surface area contributed by atoms with Crippen molar-refractivity contribution in [1.29, 1.82) is 0 Å². The predicted octanol–water partition coefficient (Wildman–Crippen LogP) is 1.29. The molecule has 1 aliphatic carbocycles. The van der Waals surface area contributed by atoms with Gasteiger partial charge in [0.15, 0.2) is 12.0 Å². The second kappa shape index (κ2) is 7.80. The molecule has 2 fully saturated rings. The van der Waals surface area contributed by atoms with Gasteiger partial charge in [0, 0.05) is 75.7 Å². The van der Waals surface area contributed by atoms with Crippen LogP contribution in [0.4, 0.5) is 0 Å². The van der Waals surface area contributed by atoms with Crippen molar-refractivity contribution in [3.63, 3.8) is 0 Å². The first-order chi connectivity index (χ1) is 15.2. The Morgan fingerprint density at radius 3 is 2.84 bits per heavy atom. The highest BCUT2D eigenvalue weighted by Gasteiger charge is 2.29. The second-order valence-electron chi connectivity index (χ2n) is 9.21. The van der Waals surface area contributed by atoms with E-state index in [0.29, 0.717) is 0 Å². The van der Waals surface area contributed by atoms with Crippen molar-refractivity contribution >= 4 is 6.08 Å². The molecule has 0 bridgehead atoms. The summed E-state index contributed by atoms with van der Waals surface area (Å²) >= 11 is 0. The van der Waals surface area contributed by atoms with E-state index in [1.807, 2.05) is 15.4 Å². The molecule has 0 aromatic carbocycles. The first-order valence-corrected chi connectivity index (χ1v) is 11.5. The van der Waals surface area contributed by atoms with Crippen LogP contribution in [-0.2, 0) is 13.0 Å². The molecule has 1 atom stereocenters. The van der Waals surface area contributed by atoms with Gasteiger partial charge in [0.1, 0.15) is 6.33 Å². The van der Waals surface area contributed by atoms with E-state index in [4.69, 9.17) is 5.10 Å². The molecule has 1 saturated carbocycles. The standard InChI is InChI=1S/C22H31N9/c1-17(28-9-11-29(12-10-28)19-3-2-4-19)13-27-8-7-20-18(14-27)15-30(25-20)22-6-5-21-24-23-16-31(21)26-22/h5-6,15-16,19,22,26H,1-4,7-14H2. The third-order valence-electron chi connectivity index (χ3n) is 7.27. The largest absolute Gasteiger partial charge is 0.372 e. The van der Waals surface area contributed by atoms with Crippen LogP contribution in [0.2, 0.25) is 0 Å². The summed E-state index contributed by atoms with van der Waals surface area (Å²) in [7, 11) is 0. The number of piperazine rings is 1. The Morgan fingerprint density at radius 1 is 1.16 bits per heavy atom. The maximum absolute atomic E-state index is 4.86. The van der Waals surface area contributed by atoms with E-state index in [1.54, 1.807) is 6.33 Å². The van der Waals surface area contributed by atoms with E-state index in [9.17, 15) is 0 Å². The first-order valence-electron chi connectivity index (χ1n) is 11.5. The molecular weight excluding hydrogens is 390 g/mol. The summed E-state index contributed by atoms with van der Waals surface area (Å²) in [4.78, 5) is 7.70. The lowest BCUT2D eigenvalue weighted by Gasteiger charge is -2.44. The number of fused-ring (bicyclic) bond motifs is 2. The summed E-state index contributed by atoms with van der Waals surface area (Å²) in [6.07, 6.45) is 13.1. The molecule has 3 aliphatic heterocycles. The van der Waals surface area contributed by atoms with Crippen LogP contribution in [0.1, 0.15) is 42.5 Å². The zero-order chi connectivity index (χ0) is 20.8. The van der Waals surface area contributed by atoms with Gasteiger partial charge in [0.25, 0.3) is 0 Å². The average Bonchev–Trinajstić information content (AvgIpc) is 3.39. The summed E-state index contributed by atoms with van der Waals surface area (Å²) < 4.78 is 3.86. The third-order valence-corrected chi connectivity index (χ3v) is 7.27.